The lowest BCUT2D eigenvalue weighted by atomic mass is 10.2. The minimum absolute atomic E-state index is 0.0140. The lowest BCUT2D eigenvalue weighted by Gasteiger charge is -2.16. The first kappa shape index (κ1) is 9.30. The normalized spacial score (nSPS) is 27.4. The first-order chi connectivity index (χ1) is 7.38. The Hall–Kier alpha value is -0.940. The van der Waals surface area contributed by atoms with E-state index in [-0.39, 0.29) is 6.61 Å². The van der Waals surface area contributed by atoms with E-state index in [4.69, 9.17) is 5.11 Å². The molecule has 1 atom stereocenters. The molecular weight excluding hydrogens is 192 g/mol. The molecule has 1 unspecified atom stereocenters. The monoisotopic (exact) mass is 208 g/mol. The van der Waals surface area contributed by atoms with Crippen LogP contribution in [0, 0.1) is 0 Å². The molecule has 1 aromatic rings. The molecule has 1 N–H and O–H groups in total. The molecule has 1 saturated heterocycles. The highest BCUT2D eigenvalue weighted by Crippen LogP contribution is 2.33. The van der Waals surface area contributed by atoms with Crippen LogP contribution in [-0.2, 0) is 6.61 Å². The maximum atomic E-state index is 9.12. The van der Waals surface area contributed by atoms with Crippen LogP contribution in [-0.4, -0.2) is 43.9 Å². The van der Waals surface area contributed by atoms with Crippen LogP contribution in [0.25, 0.3) is 0 Å². The first-order valence-electron chi connectivity index (χ1n) is 5.62. The highest BCUT2D eigenvalue weighted by atomic mass is 16.3. The van der Waals surface area contributed by atoms with Crippen molar-refractivity contribution in [1.82, 2.24) is 19.7 Å². The topological polar surface area (TPSA) is 54.2 Å². The zero-order chi connectivity index (χ0) is 10.3. The van der Waals surface area contributed by atoms with Gasteiger partial charge in [0.25, 0.3) is 0 Å². The highest BCUT2D eigenvalue weighted by Gasteiger charge is 2.35. The van der Waals surface area contributed by atoms with Crippen LogP contribution in [0.2, 0.25) is 0 Å². The Kier molecular flexibility index (Phi) is 2.21. The van der Waals surface area contributed by atoms with Gasteiger partial charge in [-0.25, -0.2) is 0 Å². The Bertz CT molecular complexity index is 347. The Morgan fingerprint density at radius 1 is 1.33 bits per heavy atom. The molecule has 0 amide bonds. The van der Waals surface area contributed by atoms with Crippen LogP contribution in [0.15, 0.2) is 6.33 Å². The molecule has 2 aliphatic rings. The summed E-state index contributed by atoms with van der Waals surface area (Å²) < 4.78 is 2.03. The van der Waals surface area contributed by atoms with E-state index >= 15 is 0 Å². The zero-order valence-corrected chi connectivity index (χ0v) is 8.71. The third-order valence-corrected chi connectivity index (χ3v) is 3.44. The number of aromatic nitrogens is 3. The van der Waals surface area contributed by atoms with E-state index in [0.717, 1.165) is 19.0 Å². The molecule has 5 heteroatoms. The molecule has 2 fully saturated rings. The molecule has 0 bridgehead atoms. The highest BCUT2D eigenvalue weighted by molar-refractivity contribution is 4.95. The second kappa shape index (κ2) is 3.57. The lowest BCUT2D eigenvalue weighted by molar-refractivity contribution is 0.257. The third kappa shape index (κ3) is 1.66. The molecule has 0 spiro atoms. The van der Waals surface area contributed by atoms with Crippen molar-refractivity contribution < 1.29 is 5.11 Å². The van der Waals surface area contributed by atoms with Gasteiger partial charge in [0.1, 0.15) is 12.9 Å². The summed E-state index contributed by atoms with van der Waals surface area (Å²) in [7, 11) is 0. The maximum absolute atomic E-state index is 9.12. The van der Waals surface area contributed by atoms with Gasteiger partial charge in [0.15, 0.2) is 5.82 Å². The Labute approximate surface area is 88.7 Å². The number of rotatable bonds is 3. The van der Waals surface area contributed by atoms with Gasteiger partial charge in [0.05, 0.1) is 6.04 Å². The van der Waals surface area contributed by atoms with E-state index in [1.165, 1.54) is 19.4 Å². The van der Waals surface area contributed by atoms with E-state index in [9.17, 15) is 0 Å². The van der Waals surface area contributed by atoms with Crippen LogP contribution >= 0.6 is 0 Å². The average Bonchev–Trinajstić information content (AvgIpc) is 2.83. The molecule has 0 radical (unpaired) electrons. The molecule has 1 aliphatic carbocycles. The molecule has 5 nitrogen and oxygen atoms in total. The van der Waals surface area contributed by atoms with Crippen molar-refractivity contribution in [2.24, 2.45) is 0 Å². The molecule has 15 heavy (non-hydrogen) atoms. The summed E-state index contributed by atoms with van der Waals surface area (Å²) in [5.41, 5.74) is 0. The minimum Gasteiger partial charge on any atom is -0.388 e. The SMILES string of the molecule is OCc1nncn1C1CCN(C2CC2)C1. The van der Waals surface area contributed by atoms with Crippen molar-refractivity contribution in [3.05, 3.63) is 12.2 Å². The first-order valence-corrected chi connectivity index (χ1v) is 5.62. The third-order valence-electron chi connectivity index (χ3n) is 3.44. The van der Waals surface area contributed by atoms with E-state index in [0.29, 0.717) is 11.9 Å². The summed E-state index contributed by atoms with van der Waals surface area (Å²) in [5.74, 6) is 0.692. The van der Waals surface area contributed by atoms with Crippen molar-refractivity contribution in [3.8, 4) is 0 Å². The van der Waals surface area contributed by atoms with Crippen molar-refractivity contribution in [1.29, 1.82) is 0 Å². The molecular formula is C10H16N4O. The number of hydrogen-bond donors (Lipinski definition) is 1. The van der Waals surface area contributed by atoms with Crippen LogP contribution in [0.4, 0.5) is 0 Å². The summed E-state index contributed by atoms with van der Waals surface area (Å²) in [4.78, 5) is 2.55. The van der Waals surface area contributed by atoms with Crippen molar-refractivity contribution in [2.45, 2.75) is 38.0 Å². The van der Waals surface area contributed by atoms with Gasteiger partial charge >= 0.3 is 0 Å². The number of hydrogen-bond acceptors (Lipinski definition) is 4. The van der Waals surface area contributed by atoms with E-state index in [1.807, 2.05) is 4.57 Å². The Morgan fingerprint density at radius 3 is 2.93 bits per heavy atom. The molecule has 82 valence electrons. The lowest BCUT2D eigenvalue weighted by Crippen LogP contribution is -2.24. The second-order valence-corrected chi connectivity index (χ2v) is 4.48. The Balaban J connectivity index is 1.72. The van der Waals surface area contributed by atoms with Gasteiger partial charge in [-0.1, -0.05) is 0 Å². The van der Waals surface area contributed by atoms with E-state index < -0.39 is 0 Å². The number of nitrogens with zero attached hydrogens (tertiary/aromatic N) is 4. The van der Waals surface area contributed by atoms with Gasteiger partial charge in [-0.3, -0.25) is 4.90 Å². The number of likely N-dealkylation sites (tertiary alicyclic amines) is 1. The van der Waals surface area contributed by atoms with Gasteiger partial charge in [-0.2, -0.15) is 0 Å². The standard InChI is InChI=1S/C10H16N4O/c15-6-10-12-11-7-14(10)9-3-4-13(5-9)8-1-2-8/h7-9,15H,1-6H2. The number of aliphatic hydroxyl groups excluding tert-OH is 1. The number of aliphatic hydroxyl groups is 1. The van der Waals surface area contributed by atoms with Gasteiger partial charge < -0.3 is 9.67 Å². The van der Waals surface area contributed by atoms with Gasteiger partial charge in [-0.05, 0) is 19.3 Å². The van der Waals surface area contributed by atoms with Crippen LogP contribution in [0.5, 0.6) is 0 Å². The van der Waals surface area contributed by atoms with Crippen LogP contribution in [0.3, 0.4) is 0 Å². The van der Waals surface area contributed by atoms with Crippen molar-refractivity contribution in [3.63, 3.8) is 0 Å². The summed E-state index contributed by atoms with van der Waals surface area (Å²) >= 11 is 0. The molecule has 0 aromatic carbocycles. The van der Waals surface area contributed by atoms with Gasteiger partial charge in [0, 0.05) is 19.1 Å². The van der Waals surface area contributed by atoms with Gasteiger partial charge in [0.2, 0.25) is 0 Å². The fourth-order valence-corrected chi connectivity index (χ4v) is 2.45. The predicted molar refractivity (Wildman–Crippen MR) is 54.2 cm³/mol. The van der Waals surface area contributed by atoms with E-state index in [2.05, 4.69) is 15.1 Å². The van der Waals surface area contributed by atoms with Crippen LogP contribution in [0.1, 0.15) is 31.1 Å². The molecule has 1 saturated carbocycles. The van der Waals surface area contributed by atoms with E-state index in [1.54, 1.807) is 6.33 Å². The van der Waals surface area contributed by atoms with Crippen molar-refractivity contribution >= 4 is 0 Å². The molecule has 3 rings (SSSR count). The predicted octanol–water partition coefficient (Wildman–Crippen LogP) is 0.180. The van der Waals surface area contributed by atoms with Crippen LogP contribution < -0.4 is 0 Å². The fourth-order valence-electron chi connectivity index (χ4n) is 2.45. The minimum atomic E-state index is -0.0140. The average molecular weight is 208 g/mol. The summed E-state index contributed by atoms with van der Waals surface area (Å²) in [6.45, 7) is 2.26. The molecule has 1 aromatic heterocycles. The Morgan fingerprint density at radius 2 is 2.20 bits per heavy atom. The molecule has 2 heterocycles. The summed E-state index contributed by atoms with van der Waals surface area (Å²) in [6.07, 6.45) is 5.62. The fraction of sp³-hybridized carbons (Fsp3) is 0.800. The summed E-state index contributed by atoms with van der Waals surface area (Å²) in [6, 6.07) is 1.30. The van der Waals surface area contributed by atoms with Gasteiger partial charge in [-0.15, -0.1) is 10.2 Å². The quantitative estimate of drug-likeness (QED) is 0.770. The van der Waals surface area contributed by atoms with Crippen molar-refractivity contribution in [2.75, 3.05) is 13.1 Å². The summed E-state index contributed by atoms with van der Waals surface area (Å²) in [5, 5.41) is 16.9. The smallest absolute Gasteiger partial charge is 0.158 e. The maximum Gasteiger partial charge on any atom is 0.158 e. The molecule has 1 aliphatic heterocycles. The largest absolute Gasteiger partial charge is 0.388 e. The second-order valence-electron chi connectivity index (χ2n) is 4.48. The zero-order valence-electron chi connectivity index (χ0n) is 8.71.